The van der Waals surface area contributed by atoms with Gasteiger partial charge in [-0.3, -0.25) is 0 Å². The molecule has 0 aliphatic carbocycles. The van der Waals surface area contributed by atoms with Crippen molar-refractivity contribution < 1.29 is 9.90 Å². The van der Waals surface area contributed by atoms with Crippen LogP contribution in [0.3, 0.4) is 0 Å². The molecule has 0 saturated carbocycles. The van der Waals surface area contributed by atoms with Crippen molar-refractivity contribution in [2.24, 2.45) is 0 Å². The van der Waals surface area contributed by atoms with Gasteiger partial charge < -0.3 is 10.0 Å². The highest BCUT2D eigenvalue weighted by Gasteiger charge is 2.32. The molecule has 0 unspecified atom stereocenters. The molecule has 0 saturated heterocycles. The standard InChI is InChI=1S/C10H15N3O2/c1-7-5-8(12-6-11-7)13(4)10(2,3)9(14)15/h5-6H,1-4H3,(H,14,15). The van der Waals surface area contributed by atoms with Gasteiger partial charge in [0.1, 0.15) is 17.7 Å². The molecule has 0 amide bonds. The predicted octanol–water partition coefficient (Wildman–Crippen LogP) is 1.08. The van der Waals surface area contributed by atoms with Crippen molar-refractivity contribution in [2.75, 3.05) is 11.9 Å². The molecule has 82 valence electrons. The van der Waals surface area contributed by atoms with Gasteiger partial charge in [-0.15, -0.1) is 0 Å². The van der Waals surface area contributed by atoms with Gasteiger partial charge in [0.15, 0.2) is 0 Å². The zero-order chi connectivity index (χ0) is 11.6. The van der Waals surface area contributed by atoms with Crippen LogP contribution in [0.25, 0.3) is 0 Å². The number of nitrogens with zero attached hydrogens (tertiary/aromatic N) is 3. The Labute approximate surface area is 88.8 Å². The van der Waals surface area contributed by atoms with E-state index in [2.05, 4.69) is 9.97 Å². The van der Waals surface area contributed by atoms with Crippen LogP contribution in [0, 0.1) is 6.92 Å². The van der Waals surface area contributed by atoms with Gasteiger partial charge in [-0.2, -0.15) is 0 Å². The number of aryl methyl sites for hydroxylation is 1. The number of anilines is 1. The summed E-state index contributed by atoms with van der Waals surface area (Å²) in [6, 6.07) is 1.75. The molecule has 15 heavy (non-hydrogen) atoms. The number of hydrogen-bond acceptors (Lipinski definition) is 4. The van der Waals surface area contributed by atoms with Crippen LogP contribution in [-0.2, 0) is 4.79 Å². The van der Waals surface area contributed by atoms with E-state index < -0.39 is 11.5 Å². The van der Waals surface area contributed by atoms with Crippen LogP contribution in [-0.4, -0.2) is 33.6 Å². The highest BCUT2D eigenvalue weighted by Crippen LogP contribution is 2.20. The Morgan fingerprint density at radius 1 is 1.47 bits per heavy atom. The maximum atomic E-state index is 11.0. The van der Waals surface area contributed by atoms with Crippen LogP contribution in [0.2, 0.25) is 0 Å². The minimum absolute atomic E-state index is 0.606. The maximum absolute atomic E-state index is 11.0. The zero-order valence-electron chi connectivity index (χ0n) is 9.35. The van der Waals surface area contributed by atoms with Gasteiger partial charge in [0.05, 0.1) is 0 Å². The Bertz CT molecular complexity index is 377. The molecule has 5 heteroatoms. The fourth-order valence-corrected chi connectivity index (χ4v) is 1.05. The van der Waals surface area contributed by atoms with Crippen molar-refractivity contribution in [3.8, 4) is 0 Å². The molecule has 1 aromatic heterocycles. The number of likely N-dealkylation sites (N-methyl/N-ethyl adjacent to an activating group) is 1. The van der Waals surface area contributed by atoms with Crippen LogP contribution in [0.4, 0.5) is 5.82 Å². The van der Waals surface area contributed by atoms with Crippen molar-refractivity contribution >= 4 is 11.8 Å². The number of aromatic nitrogens is 2. The first-order valence-corrected chi connectivity index (χ1v) is 4.61. The molecular weight excluding hydrogens is 194 g/mol. The minimum Gasteiger partial charge on any atom is -0.480 e. The van der Waals surface area contributed by atoms with E-state index in [0.29, 0.717) is 5.82 Å². The number of rotatable bonds is 3. The first-order valence-electron chi connectivity index (χ1n) is 4.61. The number of hydrogen-bond donors (Lipinski definition) is 1. The third-order valence-corrected chi connectivity index (χ3v) is 2.49. The monoisotopic (exact) mass is 209 g/mol. The average Bonchev–Trinajstić information content (AvgIpc) is 2.16. The number of carboxylic acid groups (broad SMARTS) is 1. The molecular formula is C10H15N3O2. The van der Waals surface area contributed by atoms with E-state index in [9.17, 15) is 4.79 Å². The van der Waals surface area contributed by atoms with Crippen molar-refractivity contribution in [3.63, 3.8) is 0 Å². The van der Waals surface area contributed by atoms with Crippen LogP contribution in [0.5, 0.6) is 0 Å². The summed E-state index contributed by atoms with van der Waals surface area (Å²) in [7, 11) is 1.70. The Kier molecular flexibility index (Phi) is 2.93. The van der Waals surface area contributed by atoms with E-state index in [1.165, 1.54) is 6.33 Å². The average molecular weight is 209 g/mol. The second-order valence-corrected chi connectivity index (χ2v) is 3.94. The van der Waals surface area contributed by atoms with Gasteiger partial charge in [-0.1, -0.05) is 0 Å². The Balaban J connectivity index is 3.04. The number of carboxylic acids is 1. The number of aliphatic carboxylic acids is 1. The summed E-state index contributed by atoms with van der Waals surface area (Å²) in [4.78, 5) is 20.7. The molecule has 5 nitrogen and oxygen atoms in total. The van der Waals surface area contributed by atoms with Crippen molar-refractivity contribution in [3.05, 3.63) is 18.1 Å². The van der Waals surface area contributed by atoms with Crippen LogP contribution >= 0.6 is 0 Å². The summed E-state index contributed by atoms with van der Waals surface area (Å²) in [5.74, 6) is -0.281. The van der Waals surface area contributed by atoms with Crippen LogP contribution in [0.1, 0.15) is 19.5 Å². The smallest absolute Gasteiger partial charge is 0.328 e. The van der Waals surface area contributed by atoms with E-state index in [1.807, 2.05) is 6.92 Å². The summed E-state index contributed by atoms with van der Waals surface area (Å²) < 4.78 is 0. The topological polar surface area (TPSA) is 66.3 Å². The normalized spacial score (nSPS) is 11.2. The van der Waals surface area contributed by atoms with Gasteiger partial charge in [0, 0.05) is 18.8 Å². The molecule has 0 bridgehead atoms. The fraction of sp³-hybridized carbons (Fsp3) is 0.500. The third kappa shape index (κ3) is 2.23. The summed E-state index contributed by atoms with van der Waals surface area (Å²) in [5.41, 5.74) is -0.172. The molecule has 1 N–H and O–H groups in total. The first kappa shape index (κ1) is 11.4. The van der Waals surface area contributed by atoms with Crippen molar-refractivity contribution in [1.82, 2.24) is 9.97 Å². The zero-order valence-corrected chi connectivity index (χ0v) is 9.35. The summed E-state index contributed by atoms with van der Waals surface area (Å²) in [6.07, 6.45) is 1.43. The van der Waals surface area contributed by atoms with E-state index in [1.54, 1.807) is 31.9 Å². The van der Waals surface area contributed by atoms with Crippen molar-refractivity contribution in [1.29, 1.82) is 0 Å². The minimum atomic E-state index is -0.985. The maximum Gasteiger partial charge on any atom is 0.328 e. The SMILES string of the molecule is Cc1cc(N(C)C(C)(C)C(=O)O)ncn1. The third-order valence-electron chi connectivity index (χ3n) is 2.49. The van der Waals surface area contributed by atoms with Gasteiger partial charge in [0.25, 0.3) is 0 Å². The molecule has 0 aliphatic heterocycles. The Morgan fingerprint density at radius 3 is 2.53 bits per heavy atom. The molecule has 0 aromatic carbocycles. The lowest BCUT2D eigenvalue weighted by molar-refractivity contribution is -0.142. The van der Waals surface area contributed by atoms with Gasteiger partial charge in [0.2, 0.25) is 0 Å². The Hall–Kier alpha value is -1.65. The highest BCUT2D eigenvalue weighted by atomic mass is 16.4. The van der Waals surface area contributed by atoms with E-state index in [0.717, 1.165) is 5.69 Å². The molecule has 1 heterocycles. The van der Waals surface area contributed by atoms with Crippen molar-refractivity contribution in [2.45, 2.75) is 26.3 Å². The van der Waals surface area contributed by atoms with Gasteiger partial charge in [-0.25, -0.2) is 14.8 Å². The van der Waals surface area contributed by atoms with E-state index in [-0.39, 0.29) is 0 Å². The molecule has 0 radical (unpaired) electrons. The lowest BCUT2D eigenvalue weighted by atomic mass is 10.0. The Morgan fingerprint density at radius 2 is 2.07 bits per heavy atom. The summed E-state index contributed by atoms with van der Waals surface area (Å²) >= 11 is 0. The lowest BCUT2D eigenvalue weighted by Crippen LogP contribution is -2.48. The molecule has 1 aromatic rings. The molecule has 0 spiro atoms. The van der Waals surface area contributed by atoms with Gasteiger partial charge in [-0.05, 0) is 20.8 Å². The highest BCUT2D eigenvalue weighted by molar-refractivity contribution is 5.81. The van der Waals surface area contributed by atoms with Gasteiger partial charge >= 0.3 is 5.97 Å². The fourth-order valence-electron chi connectivity index (χ4n) is 1.05. The summed E-state index contributed by atoms with van der Waals surface area (Å²) in [5, 5.41) is 9.06. The first-order chi connectivity index (χ1) is 6.85. The van der Waals surface area contributed by atoms with E-state index in [4.69, 9.17) is 5.11 Å². The molecule has 0 fully saturated rings. The van der Waals surface area contributed by atoms with E-state index >= 15 is 0 Å². The largest absolute Gasteiger partial charge is 0.480 e. The molecule has 0 atom stereocenters. The second-order valence-electron chi connectivity index (χ2n) is 3.94. The lowest BCUT2D eigenvalue weighted by Gasteiger charge is -2.32. The summed E-state index contributed by atoms with van der Waals surface area (Å²) in [6.45, 7) is 5.10. The second kappa shape index (κ2) is 3.84. The van der Waals surface area contributed by atoms with Crippen LogP contribution < -0.4 is 4.90 Å². The molecule has 0 aliphatic rings. The quantitative estimate of drug-likeness (QED) is 0.807. The van der Waals surface area contributed by atoms with Crippen LogP contribution in [0.15, 0.2) is 12.4 Å². The number of carbonyl (C=O) groups is 1. The molecule has 1 rings (SSSR count). The predicted molar refractivity (Wildman–Crippen MR) is 56.9 cm³/mol.